The molecule has 1 rings (SSSR count). The molecule has 3 atom stereocenters. The maximum Gasteiger partial charge on any atom is 0.232 e. The van der Waals surface area contributed by atoms with Crippen molar-refractivity contribution in [2.45, 2.75) is 45.8 Å². The fourth-order valence-corrected chi connectivity index (χ4v) is 2.42. The molecule has 1 heterocycles. The molecule has 1 aliphatic heterocycles. The van der Waals surface area contributed by atoms with E-state index in [0.29, 0.717) is 24.6 Å². The summed E-state index contributed by atoms with van der Waals surface area (Å²) in [6.07, 6.45) is 1.65. The molecule has 0 spiro atoms. The topological polar surface area (TPSA) is 55.6 Å². The predicted octanol–water partition coefficient (Wildman–Crippen LogP) is 1.32. The molecule has 0 saturated carbocycles. The molecule has 0 aromatic heterocycles. The quantitative estimate of drug-likeness (QED) is 0.773. The molecule has 98 valence electrons. The third kappa shape index (κ3) is 3.39. The summed E-state index contributed by atoms with van der Waals surface area (Å²) in [4.78, 5) is 14.6. The molecule has 1 saturated heterocycles. The second-order valence-electron chi connectivity index (χ2n) is 4.56. The van der Waals surface area contributed by atoms with Crippen molar-refractivity contribution in [1.82, 2.24) is 4.90 Å². The molecular weight excluding hydrogens is 236 g/mol. The number of carbonyl (C=O) groups is 1. The zero-order valence-electron chi connectivity index (χ0n) is 10.8. The molecule has 0 aromatic rings. The first kappa shape index (κ1) is 14.4. The zero-order valence-corrected chi connectivity index (χ0v) is 11.6. The number of amides is 1. The predicted molar refractivity (Wildman–Crippen MR) is 71.8 cm³/mol. The van der Waals surface area contributed by atoms with Gasteiger partial charge in [-0.05, 0) is 19.8 Å². The summed E-state index contributed by atoms with van der Waals surface area (Å²) in [6, 6.07) is 0.155. The smallest absolute Gasteiger partial charge is 0.232 e. The lowest BCUT2D eigenvalue weighted by Crippen LogP contribution is -2.54. The normalized spacial score (nSPS) is 26.6. The molecule has 0 aromatic carbocycles. The van der Waals surface area contributed by atoms with Crippen LogP contribution in [0.15, 0.2) is 0 Å². The van der Waals surface area contributed by atoms with Crippen LogP contribution in [0.4, 0.5) is 0 Å². The molecule has 1 aliphatic rings. The number of hydrogen-bond donors (Lipinski definition) is 1. The Bertz CT molecular complexity index is 296. The first-order valence-electron chi connectivity index (χ1n) is 6.22. The van der Waals surface area contributed by atoms with E-state index in [9.17, 15) is 4.79 Å². The minimum absolute atomic E-state index is 0.0574. The largest absolute Gasteiger partial charge is 0.393 e. The summed E-state index contributed by atoms with van der Waals surface area (Å²) >= 11 is 4.97. The van der Waals surface area contributed by atoms with Crippen molar-refractivity contribution >= 4 is 23.1 Å². The van der Waals surface area contributed by atoms with Gasteiger partial charge in [-0.1, -0.05) is 26.1 Å². The second kappa shape index (κ2) is 6.31. The number of carbonyl (C=O) groups excluding carboxylic acids is 1. The number of ether oxygens (including phenoxy) is 1. The highest BCUT2D eigenvalue weighted by Crippen LogP contribution is 2.19. The Balaban J connectivity index is 2.79. The Kier molecular flexibility index (Phi) is 5.33. The maximum atomic E-state index is 12.4. The number of thiocarbonyl (C=S) groups is 1. The molecule has 4 nitrogen and oxygen atoms in total. The number of nitrogens with two attached hydrogens (primary N) is 1. The lowest BCUT2D eigenvalue weighted by atomic mass is 10.0. The van der Waals surface area contributed by atoms with Gasteiger partial charge in [-0.2, -0.15) is 0 Å². The minimum atomic E-state index is -0.329. The fourth-order valence-electron chi connectivity index (χ4n) is 2.15. The van der Waals surface area contributed by atoms with E-state index in [4.69, 9.17) is 22.7 Å². The zero-order chi connectivity index (χ0) is 13.0. The number of rotatable bonds is 4. The van der Waals surface area contributed by atoms with E-state index in [1.54, 1.807) is 0 Å². The first-order valence-corrected chi connectivity index (χ1v) is 6.63. The van der Waals surface area contributed by atoms with Crippen LogP contribution in [0.25, 0.3) is 0 Å². The highest BCUT2D eigenvalue weighted by molar-refractivity contribution is 7.80. The van der Waals surface area contributed by atoms with Gasteiger partial charge in [-0.3, -0.25) is 4.79 Å². The Morgan fingerprint density at radius 1 is 1.59 bits per heavy atom. The number of morpholine rings is 1. The summed E-state index contributed by atoms with van der Waals surface area (Å²) in [7, 11) is 0. The van der Waals surface area contributed by atoms with E-state index < -0.39 is 0 Å². The Labute approximate surface area is 108 Å². The van der Waals surface area contributed by atoms with Crippen LogP contribution < -0.4 is 5.73 Å². The fraction of sp³-hybridized carbons (Fsp3) is 0.833. The summed E-state index contributed by atoms with van der Waals surface area (Å²) in [6.45, 7) is 7.22. The Morgan fingerprint density at radius 3 is 2.71 bits per heavy atom. The van der Waals surface area contributed by atoms with Gasteiger partial charge in [0.25, 0.3) is 0 Å². The van der Waals surface area contributed by atoms with Crippen LogP contribution >= 0.6 is 12.2 Å². The molecule has 1 fully saturated rings. The molecule has 0 radical (unpaired) electrons. The van der Waals surface area contributed by atoms with Gasteiger partial charge in [0.05, 0.1) is 29.7 Å². The van der Waals surface area contributed by atoms with Crippen molar-refractivity contribution in [2.24, 2.45) is 11.7 Å². The van der Waals surface area contributed by atoms with E-state index in [1.165, 1.54) is 0 Å². The summed E-state index contributed by atoms with van der Waals surface area (Å²) in [5.74, 6) is -0.272. The molecule has 3 unspecified atom stereocenters. The summed E-state index contributed by atoms with van der Waals surface area (Å²) in [5, 5.41) is 0. The average Bonchev–Trinajstić information content (AvgIpc) is 2.29. The van der Waals surface area contributed by atoms with E-state index in [-0.39, 0.29) is 24.0 Å². The van der Waals surface area contributed by atoms with Crippen molar-refractivity contribution in [1.29, 1.82) is 0 Å². The van der Waals surface area contributed by atoms with Gasteiger partial charge in [0, 0.05) is 6.54 Å². The molecule has 17 heavy (non-hydrogen) atoms. The molecule has 0 bridgehead atoms. The minimum Gasteiger partial charge on any atom is -0.393 e. The van der Waals surface area contributed by atoms with Crippen LogP contribution in [0.3, 0.4) is 0 Å². The van der Waals surface area contributed by atoms with Crippen molar-refractivity contribution in [3.63, 3.8) is 0 Å². The van der Waals surface area contributed by atoms with E-state index in [0.717, 1.165) is 6.42 Å². The highest BCUT2D eigenvalue weighted by Gasteiger charge is 2.33. The summed E-state index contributed by atoms with van der Waals surface area (Å²) in [5.41, 5.74) is 5.63. The molecule has 1 amide bonds. The first-order chi connectivity index (χ1) is 8.01. The van der Waals surface area contributed by atoms with Gasteiger partial charge >= 0.3 is 0 Å². The van der Waals surface area contributed by atoms with E-state index in [1.807, 2.05) is 18.7 Å². The molecule has 5 heteroatoms. The van der Waals surface area contributed by atoms with Gasteiger partial charge in [-0.15, -0.1) is 0 Å². The van der Waals surface area contributed by atoms with Gasteiger partial charge < -0.3 is 15.4 Å². The van der Waals surface area contributed by atoms with E-state index >= 15 is 0 Å². The maximum absolute atomic E-state index is 12.4. The molecule has 0 aliphatic carbocycles. The number of hydrogen-bond acceptors (Lipinski definition) is 3. The van der Waals surface area contributed by atoms with Crippen LogP contribution in [-0.4, -0.2) is 41.1 Å². The standard InChI is InChI=1S/C12H22N2O2S/c1-4-9-7-16-8(3)6-14(9)12(15)10(5-2)11(13)17/h8-10H,4-7H2,1-3H3,(H2,13,17). The Morgan fingerprint density at radius 2 is 2.24 bits per heavy atom. The van der Waals surface area contributed by atoms with Gasteiger partial charge in [-0.25, -0.2) is 0 Å². The third-order valence-corrected chi connectivity index (χ3v) is 3.56. The monoisotopic (exact) mass is 258 g/mol. The SMILES string of the molecule is CCC(C(=O)N1CC(C)OCC1CC)C(N)=S. The highest BCUT2D eigenvalue weighted by atomic mass is 32.1. The van der Waals surface area contributed by atoms with Crippen LogP contribution in [-0.2, 0) is 9.53 Å². The van der Waals surface area contributed by atoms with Crippen molar-refractivity contribution in [3.8, 4) is 0 Å². The second-order valence-corrected chi connectivity index (χ2v) is 5.03. The van der Waals surface area contributed by atoms with Crippen molar-refractivity contribution < 1.29 is 9.53 Å². The lowest BCUT2D eigenvalue weighted by molar-refractivity contribution is -0.146. The van der Waals surface area contributed by atoms with Crippen LogP contribution in [0.5, 0.6) is 0 Å². The van der Waals surface area contributed by atoms with Crippen molar-refractivity contribution in [2.75, 3.05) is 13.2 Å². The Hall–Kier alpha value is -0.680. The van der Waals surface area contributed by atoms with Gasteiger partial charge in [0.1, 0.15) is 0 Å². The molecular formula is C12H22N2O2S. The van der Waals surface area contributed by atoms with Crippen LogP contribution in [0, 0.1) is 5.92 Å². The number of nitrogens with zero attached hydrogens (tertiary/aromatic N) is 1. The van der Waals surface area contributed by atoms with E-state index in [2.05, 4.69) is 6.92 Å². The van der Waals surface area contributed by atoms with Gasteiger partial charge in [0.15, 0.2) is 0 Å². The van der Waals surface area contributed by atoms with Crippen LogP contribution in [0.1, 0.15) is 33.6 Å². The lowest BCUT2D eigenvalue weighted by Gasteiger charge is -2.39. The van der Waals surface area contributed by atoms with Gasteiger partial charge in [0.2, 0.25) is 5.91 Å². The average molecular weight is 258 g/mol. The summed E-state index contributed by atoms with van der Waals surface area (Å²) < 4.78 is 5.58. The van der Waals surface area contributed by atoms with Crippen molar-refractivity contribution in [3.05, 3.63) is 0 Å². The molecule has 2 N–H and O–H groups in total. The third-order valence-electron chi connectivity index (χ3n) is 3.27. The van der Waals surface area contributed by atoms with Crippen LogP contribution in [0.2, 0.25) is 0 Å².